The van der Waals surface area contributed by atoms with Crippen LogP contribution in [0.1, 0.15) is 20.3 Å². The summed E-state index contributed by atoms with van der Waals surface area (Å²) in [4.78, 5) is 24.8. The number of ether oxygens (including phenoxy) is 1. The van der Waals surface area contributed by atoms with Crippen molar-refractivity contribution in [3.63, 3.8) is 0 Å². The molecule has 0 spiro atoms. The molecule has 5 nitrogen and oxygen atoms in total. The monoisotopic (exact) mass is 382 g/mol. The Hall–Kier alpha value is -1.50. The highest BCUT2D eigenvalue weighted by molar-refractivity contribution is 8.00. The molecule has 0 saturated heterocycles. The average Bonchev–Trinajstić information content (AvgIpc) is 2.56. The maximum Gasteiger partial charge on any atom is 0.251 e. The van der Waals surface area contributed by atoms with Gasteiger partial charge in [-0.1, -0.05) is 11.6 Å². The number of aryl methyl sites for hydroxylation is 1. The van der Waals surface area contributed by atoms with Gasteiger partial charge in [-0.3, -0.25) is 9.59 Å². The summed E-state index contributed by atoms with van der Waals surface area (Å²) in [7, 11) is 1.72. The van der Waals surface area contributed by atoms with E-state index in [1.165, 1.54) is 11.8 Å². The van der Waals surface area contributed by atoms with Gasteiger partial charge in [-0.05, 0) is 38.5 Å². The molecule has 136 valence electrons. The fourth-order valence-corrected chi connectivity index (χ4v) is 3.40. The van der Waals surface area contributed by atoms with E-state index in [2.05, 4.69) is 5.32 Å². The quantitative estimate of drug-likeness (QED) is 0.562. The Morgan fingerprint density at radius 1 is 1.36 bits per heavy atom. The van der Waals surface area contributed by atoms with Crippen LogP contribution in [0.4, 0.5) is 0 Å². The molecule has 1 N–H and O–H groups in total. The van der Waals surface area contributed by atoms with E-state index in [4.69, 9.17) is 16.3 Å². The summed E-state index contributed by atoms with van der Waals surface area (Å²) >= 11 is 7.42. The van der Waals surface area contributed by atoms with Crippen molar-refractivity contribution in [3.05, 3.63) is 39.6 Å². The van der Waals surface area contributed by atoms with Crippen molar-refractivity contribution in [2.45, 2.75) is 31.3 Å². The Morgan fingerprint density at radius 3 is 2.84 bits per heavy atom. The lowest BCUT2D eigenvalue weighted by molar-refractivity contribution is -0.118. The molecule has 1 aromatic heterocycles. The SMILES string of the molecule is CC(C)OCCCNC(=O)CSc1cc(=O)n(C)c2ccc(Cl)cc12. The average molecular weight is 383 g/mol. The number of pyridine rings is 1. The third kappa shape index (κ3) is 5.76. The topological polar surface area (TPSA) is 60.3 Å². The lowest BCUT2D eigenvalue weighted by atomic mass is 10.2. The molecular weight excluding hydrogens is 360 g/mol. The molecule has 2 rings (SSSR count). The van der Waals surface area contributed by atoms with Crippen LogP contribution in [0.15, 0.2) is 34.0 Å². The molecule has 25 heavy (non-hydrogen) atoms. The molecule has 0 fully saturated rings. The Bertz CT molecular complexity index is 805. The number of aromatic nitrogens is 1. The van der Waals surface area contributed by atoms with Crippen molar-refractivity contribution >= 4 is 40.2 Å². The molecule has 0 bridgehead atoms. The van der Waals surface area contributed by atoms with Gasteiger partial charge < -0.3 is 14.6 Å². The van der Waals surface area contributed by atoms with Gasteiger partial charge in [0.1, 0.15) is 0 Å². The van der Waals surface area contributed by atoms with Gasteiger partial charge in [0.05, 0.1) is 17.4 Å². The Morgan fingerprint density at radius 2 is 2.12 bits per heavy atom. The number of amides is 1. The molecule has 0 aliphatic rings. The molecule has 0 aliphatic carbocycles. The summed E-state index contributed by atoms with van der Waals surface area (Å²) < 4.78 is 7.00. The molecule has 1 heterocycles. The zero-order valence-electron chi connectivity index (χ0n) is 14.7. The van der Waals surface area contributed by atoms with Gasteiger partial charge in [-0.25, -0.2) is 0 Å². The molecule has 0 unspecified atom stereocenters. The molecule has 1 aromatic carbocycles. The largest absolute Gasteiger partial charge is 0.379 e. The van der Waals surface area contributed by atoms with E-state index in [-0.39, 0.29) is 23.3 Å². The summed E-state index contributed by atoms with van der Waals surface area (Å²) in [6, 6.07) is 6.94. The van der Waals surface area contributed by atoms with Gasteiger partial charge in [-0.2, -0.15) is 0 Å². The van der Waals surface area contributed by atoms with Crippen LogP contribution in [0.2, 0.25) is 5.02 Å². The maximum atomic E-state index is 12.1. The normalized spacial score (nSPS) is 11.2. The highest BCUT2D eigenvalue weighted by Crippen LogP contribution is 2.28. The lowest BCUT2D eigenvalue weighted by Gasteiger charge is -2.11. The smallest absolute Gasteiger partial charge is 0.251 e. The number of benzene rings is 1. The van der Waals surface area contributed by atoms with E-state index >= 15 is 0 Å². The molecule has 0 atom stereocenters. The van der Waals surface area contributed by atoms with Crippen LogP contribution in [0.25, 0.3) is 10.9 Å². The number of carbonyl (C=O) groups excluding carboxylic acids is 1. The van der Waals surface area contributed by atoms with E-state index in [0.717, 1.165) is 22.2 Å². The Kier molecular flexibility index (Phi) is 7.35. The first-order chi connectivity index (χ1) is 11.9. The number of hydrogen-bond donors (Lipinski definition) is 1. The second-order valence-corrected chi connectivity index (χ2v) is 7.43. The van der Waals surface area contributed by atoms with E-state index in [9.17, 15) is 9.59 Å². The van der Waals surface area contributed by atoms with Crippen LogP contribution in [0.5, 0.6) is 0 Å². The summed E-state index contributed by atoms with van der Waals surface area (Å²) in [6.45, 7) is 5.17. The fraction of sp³-hybridized carbons (Fsp3) is 0.444. The van der Waals surface area contributed by atoms with E-state index in [1.54, 1.807) is 23.7 Å². The number of nitrogens with one attached hydrogen (secondary N) is 1. The first-order valence-corrected chi connectivity index (χ1v) is 9.55. The molecule has 1 amide bonds. The first-order valence-electron chi connectivity index (χ1n) is 8.19. The minimum Gasteiger partial charge on any atom is -0.379 e. The van der Waals surface area contributed by atoms with Crippen molar-refractivity contribution < 1.29 is 9.53 Å². The Balaban J connectivity index is 1.96. The molecule has 0 saturated carbocycles. The zero-order valence-corrected chi connectivity index (χ0v) is 16.2. The van der Waals surface area contributed by atoms with Gasteiger partial charge in [0, 0.05) is 41.6 Å². The number of nitrogens with zero attached hydrogens (tertiary/aromatic N) is 1. The van der Waals surface area contributed by atoms with Gasteiger partial charge in [-0.15, -0.1) is 11.8 Å². The maximum absolute atomic E-state index is 12.1. The first kappa shape index (κ1) is 19.8. The van der Waals surface area contributed by atoms with E-state index < -0.39 is 0 Å². The lowest BCUT2D eigenvalue weighted by Crippen LogP contribution is -2.27. The van der Waals surface area contributed by atoms with Crippen LogP contribution in [0.3, 0.4) is 0 Å². The van der Waals surface area contributed by atoms with Gasteiger partial charge in [0.15, 0.2) is 0 Å². The predicted octanol–water partition coefficient (Wildman–Crippen LogP) is 3.22. The fourth-order valence-electron chi connectivity index (χ4n) is 2.34. The van der Waals surface area contributed by atoms with Crippen molar-refractivity contribution in [1.82, 2.24) is 9.88 Å². The van der Waals surface area contributed by atoms with Gasteiger partial charge in [0.2, 0.25) is 5.91 Å². The van der Waals surface area contributed by atoms with Crippen molar-refractivity contribution in [1.29, 1.82) is 0 Å². The van der Waals surface area contributed by atoms with E-state index in [0.29, 0.717) is 18.2 Å². The summed E-state index contributed by atoms with van der Waals surface area (Å²) in [6.07, 6.45) is 0.978. The minimum atomic E-state index is -0.108. The molecule has 0 aliphatic heterocycles. The van der Waals surface area contributed by atoms with Crippen molar-refractivity contribution in [2.24, 2.45) is 7.05 Å². The van der Waals surface area contributed by atoms with Crippen LogP contribution < -0.4 is 10.9 Å². The van der Waals surface area contributed by atoms with Crippen LogP contribution in [0, 0.1) is 0 Å². The minimum absolute atomic E-state index is 0.0644. The number of rotatable bonds is 8. The van der Waals surface area contributed by atoms with Gasteiger partial charge in [0.25, 0.3) is 5.56 Å². The predicted molar refractivity (Wildman–Crippen MR) is 104 cm³/mol. The second kappa shape index (κ2) is 9.27. The third-order valence-electron chi connectivity index (χ3n) is 3.62. The highest BCUT2D eigenvalue weighted by atomic mass is 35.5. The zero-order chi connectivity index (χ0) is 18.4. The number of halogens is 1. The summed E-state index contributed by atoms with van der Waals surface area (Å²) in [5.74, 6) is 0.185. The highest BCUT2D eigenvalue weighted by Gasteiger charge is 2.10. The number of thioether (sulfide) groups is 1. The van der Waals surface area contributed by atoms with E-state index in [1.807, 2.05) is 26.0 Å². The number of hydrogen-bond acceptors (Lipinski definition) is 4. The standard InChI is InChI=1S/C18H23ClN2O3S/c1-12(2)24-8-4-7-20-17(22)11-25-16-10-18(23)21(3)15-6-5-13(19)9-14(15)16/h5-6,9-10,12H,4,7-8,11H2,1-3H3,(H,20,22). The number of fused-ring (bicyclic) bond motifs is 1. The van der Waals surface area contributed by atoms with Crippen LogP contribution in [-0.4, -0.2) is 35.5 Å². The summed E-state index contributed by atoms with van der Waals surface area (Å²) in [5.41, 5.74) is 0.689. The second-order valence-electron chi connectivity index (χ2n) is 5.98. The molecule has 7 heteroatoms. The van der Waals surface area contributed by atoms with Crippen molar-refractivity contribution in [3.8, 4) is 0 Å². The van der Waals surface area contributed by atoms with Crippen molar-refractivity contribution in [2.75, 3.05) is 18.9 Å². The summed E-state index contributed by atoms with van der Waals surface area (Å²) in [5, 5.41) is 4.34. The van der Waals surface area contributed by atoms with Crippen LogP contribution in [-0.2, 0) is 16.6 Å². The third-order valence-corrected chi connectivity index (χ3v) is 4.91. The van der Waals surface area contributed by atoms with Crippen LogP contribution >= 0.6 is 23.4 Å². The Labute approximate surface area is 156 Å². The number of carbonyl (C=O) groups is 1. The molecule has 0 radical (unpaired) electrons. The van der Waals surface area contributed by atoms with Gasteiger partial charge >= 0.3 is 0 Å². The molecule has 2 aromatic rings. The molecular formula is C18H23ClN2O3S.